The Morgan fingerprint density at radius 2 is 1.24 bits per heavy atom. The zero-order valence-corrected chi connectivity index (χ0v) is 18.6. The Kier molecular flexibility index (Phi) is 10.9. The molecule has 1 aromatic rings. The molecule has 0 radical (unpaired) electrons. The summed E-state index contributed by atoms with van der Waals surface area (Å²) in [5.74, 6) is -4.23. The number of carbonyl (C=O) groups excluding carboxylic acids is 3. The average molecular weight is 469 g/mol. The van der Waals surface area contributed by atoms with Gasteiger partial charge in [0.2, 0.25) is 17.7 Å². The molecule has 0 aliphatic heterocycles. The van der Waals surface area contributed by atoms with Crippen LogP contribution in [0.15, 0.2) is 30.3 Å². The molecule has 9 N–H and O–H groups in total. The number of nitrogens with two attached hydrogens (primary N) is 1. The van der Waals surface area contributed by atoms with Gasteiger partial charge in [-0.1, -0.05) is 30.3 Å². The fourth-order valence-electron chi connectivity index (χ4n) is 2.83. The first-order valence-electron chi connectivity index (χ1n) is 10.3. The Bertz CT molecular complexity index is 816. The number of benzene rings is 1. The minimum absolute atomic E-state index is 0.0357. The summed E-state index contributed by atoms with van der Waals surface area (Å²) in [5, 5.41) is 45.5. The number of amides is 3. The van der Waals surface area contributed by atoms with Crippen molar-refractivity contribution in [3.8, 4) is 0 Å². The van der Waals surface area contributed by atoms with Gasteiger partial charge in [-0.3, -0.25) is 14.4 Å². The van der Waals surface area contributed by atoms with E-state index >= 15 is 0 Å². The van der Waals surface area contributed by atoms with Crippen LogP contribution < -0.4 is 21.7 Å². The van der Waals surface area contributed by atoms with Gasteiger partial charge in [0.05, 0.1) is 18.3 Å². The summed E-state index contributed by atoms with van der Waals surface area (Å²) < 4.78 is 0. The fraction of sp³-hybridized carbons (Fsp3) is 0.524. The lowest BCUT2D eigenvalue weighted by atomic mass is 10.0. The molecule has 0 aromatic heterocycles. The summed E-state index contributed by atoms with van der Waals surface area (Å²) in [6, 6.07) is 2.69. The molecule has 12 heteroatoms. The van der Waals surface area contributed by atoms with E-state index in [1.807, 2.05) is 0 Å². The summed E-state index contributed by atoms with van der Waals surface area (Å²) in [5.41, 5.74) is 6.17. The van der Waals surface area contributed by atoms with Crippen molar-refractivity contribution in [3.05, 3.63) is 35.9 Å². The van der Waals surface area contributed by atoms with Crippen molar-refractivity contribution in [1.82, 2.24) is 16.0 Å². The van der Waals surface area contributed by atoms with Crippen molar-refractivity contribution >= 4 is 23.7 Å². The van der Waals surface area contributed by atoms with E-state index in [4.69, 9.17) is 5.73 Å². The minimum Gasteiger partial charge on any atom is -0.480 e. The number of rotatable bonds is 12. The summed E-state index contributed by atoms with van der Waals surface area (Å²) in [4.78, 5) is 49.0. The standard InChI is InChI=1S/C21H32N4O8/c1-10(26)15(22)18(29)24-17(12(3)28)20(31)25-16(11(2)27)19(30)23-14(21(32)33)9-13-7-5-4-6-8-13/h4-8,10-12,14-17,26-28H,9,22H2,1-3H3,(H,23,30)(H,24,29)(H,25,31)(H,32,33). The lowest BCUT2D eigenvalue weighted by Crippen LogP contribution is -2.62. The van der Waals surface area contributed by atoms with Gasteiger partial charge in [-0.25, -0.2) is 4.79 Å². The van der Waals surface area contributed by atoms with Crippen LogP contribution in [0.5, 0.6) is 0 Å². The molecule has 0 fully saturated rings. The fourth-order valence-corrected chi connectivity index (χ4v) is 2.83. The average Bonchev–Trinajstić information content (AvgIpc) is 2.74. The first kappa shape index (κ1) is 28.0. The topological polar surface area (TPSA) is 211 Å². The maximum atomic E-state index is 12.7. The Labute approximate surface area is 191 Å². The highest BCUT2D eigenvalue weighted by Crippen LogP contribution is 2.06. The maximum Gasteiger partial charge on any atom is 0.326 e. The first-order chi connectivity index (χ1) is 15.3. The second-order valence-corrected chi connectivity index (χ2v) is 7.81. The zero-order chi connectivity index (χ0) is 25.3. The number of aliphatic hydroxyl groups is 3. The predicted molar refractivity (Wildman–Crippen MR) is 117 cm³/mol. The third-order valence-corrected chi connectivity index (χ3v) is 4.84. The number of aliphatic hydroxyl groups excluding tert-OH is 3. The molecule has 1 aromatic carbocycles. The van der Waals surface area contributed by atoms with Gasteiger partial charge in [0.25, 0.3) is 0 Å². The maximum absolute atomic E-state index is 12.7. The van der Waals surface area contributed by atoms with Crippen LogP contribution in [0, 0.1) is 0 Å². The van der Waals surface area contributed by atoms with E-state index in [-0.39, 0.29) is 6.42 Å². The Morgan fingerprint density at radius 3 is 1.67 bits per heavy atom. The van der Waals surface area contributed by atoms with Gasteiger partial charge in [0.15, 0.2) is 0 Å². The van der Waals surface area contributed by atoms with Gasteiger partial charge in [0.1, 0.15) is 24.2 Å². The van der Waals surface area contributed by atoms with Crippen LogP contribution in [0.4, 0.5) is 0 Å². The number of nitrogens with one attached hydrogen (secondary N) is 3. The van der Waals surface area contributed by atoms with Gasteiger partial charge in [0, 0.05) is 6.42 Å². The van der Waals surface area contributed by atoms with Crippen molar-refractivity contribution in [2.75, 3.05) is 0 Å². The molecule has 0 aliphatic carbocycles. The number of hydrogen-bond donors (Lipinski definition) is 8. The van der Waals surface area contributed by atoms with Crippen LogP contribution in [0.2, 0.25) is 0 Å². The monoisotopic (exact) mass is 468 g/mol. The smallest absolute Gasteiger partial charge is 0.326 e. The van der Waals surface area contributed by atoms with Gasteiger partial charge in [-0.05, 0) is 26.3 Å². The van der Waals surface area contributed by atoms with Crippen LogP contribution in [0.1, 0.15) is 26.3 Å². The van der Waals surface area contributed by atoms with Crippen molar-refractivity contribution in [1.29, 1.82) is 0 Å². The molecule has 0 spiro atoms. The molecule has 1 rings (SSSR count). The molecule has 0 saturated heterocycles. The van der Waals surface area contributed by atoms with Crippen molar-refractivity contribution in [2.45, 2.75) is 69.7 Å². The predicted octanol–water partition coefficient (Wildman–Crippen LogP) is -2.76. The summed E-state index contributed by atoms with van der Waals surface area (Å²) in [6.07, 6.45) is -4.12. The van der Waals surface area contributed by atoms with Crippen molar-refractivity contribution in [2.24, 2.45) is 5.73 Å². The first-order valence-corrected chi connectivity index (χ1v) is 10.3. The van der Waals surface area contributed by atoms with Crippen LogP contribution in [0.3, 0.4) is 0 Å². The third kappa shape index (κ3) is 8.77. The zero-order valence-electron chi connectivity index (χ0n) is 18.6. The summed E-state index contributed by atoms with van der Waals surface area (Å²) >= 11 is 0. The summed E-state index contributed by atoms with van der Waals surface area (Å²) in [6.45, 7) is 3.68. The normalized spacial score (nSPS) is 17.4. The molecule has 0 heterocycles. The van der Waals surface area contributed by atoms with E-state index in [0.29, 0.717) is 5.56 Å². The van der Waals surface area contributed by atoms with E-state index in [1.54, 1.807) is 30.3 Å². The molecule has 33 heavy (non-hydrogen) atoms. The number of carboxylic acid groups (broad SMARTS) is 1. The Morgan fingerprint density at radius 1 is 0.788 bits per heavy atom. The summed E-state index contributed by atoms with van der Waals surface area (Å²) in [7, 11) is 0. The molecule has 7 unspecified atom stereocenters. The molecule has 184 valence electrons. The Hall–Kier alpha value is -3.06. The van der Waals surface area contributed by atoms with Gasteiger partial charge in [-0.15, -0.1) is 0 Å². The second-order valence-electron chi connectivity index (χ2n) is 7.81. The van der Waals surface area contributed by atoms with Crippen molar-refractivity contribution < 1.29 is 39.6 Å². The lowest BCUT2D eigenvalue weighted by molar-refractivity contribution is -0.143. The molecule has 0 saturated carbocycles. The van der Waals surface area contributed by atoms with E-state index in [9.17, 15) is 39.6 Å². The second kappa shape index (κ2) is 12.8. The highest BCUT2D eigenvalue weighted by atomic mass is 16.4. The molecule has 0 bridgehead atoms. The third-order valence-electron chi connectivity index (χ3n) is 4.84. The van der Waals surface area contributed by atoms with E-state index in [2.05, 4.69) is 16.0 Å². The van der Waals surface area contributed by atoms with E-state index < -0.39 is 66.2 Å². The number of carboxylic acids is 1. The van der Waals surface area contributed by atoms with Crippen LogP contribution in [-0.4, -0.2) is 86.6 Å². The van der Waals surface area contributed by atoms with E-state index in [1.165, 1.54) is 20.8 Å². The Balaban J connectivity index is 2.94. The highest BCUT2D eigenvalue weighted by Gasteiger charge is 2.34. The molecule has 12 nitrogen and oxygen atoms in total. The number of aliphatic carboxylic acids is 1. The van der Waals surface area contributed by atoms with Gasteiger partial charge in [-0.2, -0.15) is 0 Å². The van der Waals surface area contributed by atoms with Crippen LogP contribution in [-0.2, 0) is 25.6 Å². The van der Waals surface area contributed by atoms with Crippen LogP contribution in [0.25, 0.3) is 0 Å². The van der Waals surface area contributed by atoms with E-state index in [0.717, 1.165) is 0 Å². The number of carbonyl (C=O) groups is 4. The molecule has 7 atom stereocenters. The number of hydrogen-bond acceptors (Lipinski definition) is 8. The van der Waals surface area contributed by atoms with Gasteiger partial charge < -0.3 is 42.1 Å². The van der Waals surface area contributed by atoms with Gasteiger partial charge >= 0.3 is 5.97 Å². The van der Waals surface area contributed by atoms with Crippen LogP contribution >= 0.6 is 0 Å². The molecule has 3 amide bonds. The SMILES string of the molecule is CC(O)C(N)C(=O)NC(C(=O)NC(C(=O)NC(Cc1ccccc1)C(=O)O)C(C)O)C(C)O. The molecular weight excluding hydrogens is 436 g/mol. The van der Waals surface area contributed by atoms with Crippen molar-refractivity contribution in [3.63, 3.8) is 0 Å². The largest absolute Gasteiger partial charge is 0.480 e. The molecule has 0 aliphatic rings. The minimum atomic E-state index is -1.58. The molecular formula is C21H32N4O8. The highest BCUT2D eigenvalue weighted by molar-refractivity contribution is 5.94. The lowest BCUT2D eigenvalue weighted by Gasteiger charge is -2.27. The quantitative estimate of drug-likeness (QED) is 0.159.